The highest BCUT2D eigenvalue weighted by molar-refractivity contribution is 6.35. The van der Waals surface area contributed by atoms with Gasteiger partial charge in [-0.15, -0.1) is 0 Å². The van der Waals surface area contributed by atoms with Gasteiger partial charge in [0.15, 0.2) is 0 Å². The van der Waals surface area contributed by atoms with E-state index in [1.165, 1.54) is 13.0 Å². The lowest BCUT2D eigenvalue weighted by Crippen LogP contribution is -2.19. The molecule has 2 N–H and O–H groups in total. The van der Waals surface area contributed by atoms with E-state index < -0.39 is 12.0 Å². The van der Waals surface area contributed by atoms with Crippen molar-refractivity contribution in [3.63, 3.8) is 0 Å². The number of anilines is 2. The first-order chi connectivity index (χ1) is 10.4. The average molecular weight is 339 g/mol. The smallest absolute Gasteiger partial charge is 0.323 e. The molecular weight excluding hydrogens is 327 g/mol. The summed E-state index contributed by atoms with van der Waals surface area (Å²) < 4.78 is 4.94. The Balaban J connectivity index is 2.04. The highest BCUT2D eigenvalue weighted by atomic mass is 35.5. The Bertz CT molecular complexity index is 699. The van der Waals surface area contributed by atoms with Gasteiger partial charge >= 0.3 is 12.0 Å². The van der Waals surface area contributed by atoms with Crippen molar-refractivity contribution >= 4 is 46.6 Å². The van der Waals surface area contributed by atoms with Crippen LogP contribution >= 0.6 is 23.2 Å². The molecule has 0 aliphatic rings. The first kappa shape index (κ1) is 16.1. The highest BCUT2D eigenvalue weighted by Gasteiger charge is 2.06. The fourth-order valence-corrected chi connectivity index (χ4v) is 2.25. The van der Waals surface area contributed by atoms with Crippen LogP contribution in [0, 0.1) is 0 Å². The lowest BCUT2D eigenvalue weighted by Gasteiger charge is -2.09. The predicted octanol–water partition coefficient (Wildman–Crippen LogP) is 4.56. The third kappa shape index (κ3) is 4.95. The Hall–Kier alpha value is -2.24. The number of carbonyl (C=O) groups is 2. The Morgan fingerprint density at radius 3 is 2.23 bits per heavy atom. The molecule has 2 aromatic carbocycles. The van der Waals surface area contributed by atoms with Gasteiger partial charge in [-0.2, -0.15) is 0 Å². The van der Waals surface area contributed by atoms with Gasteiger partial charge in [0.2, 0.25) is 0 Å². The van der Waals surface area contributed by atoms with Crippen LogP contribution in [-0.2, 0) is 4.79 Å². The fraction of sp³-hybridized carbons (Fsp3) is 0.0667. The molecule has 0 saturated carbocycles. The van der Waals surface area contributed by atoms with E-state index in [1.807, 2.05) is 0 Å². The second-order valence-corrected chi connectivity index (χ2v) is 5.23. The maximum atomic E-state index is 11.9. The summed E-state index contributed by atoms with van der Waals surface area (Å²) in [5, 5.41) is 6.05. The van der Waals surface area contributed by atoms with Gasteiger partial charge in [-0.05, 0) is 30.3 Å². The zero-order chi connectivity index (χ0) is 16.1. The van der Waals surface area contributed by atoms with Crippen molar-refractivity contribution in [1.29, 1.82) is 0 Å². The topological polar surface area (TPSA) is 67.4 Å². The zero-order valence-corrected chi connectivity index (χ0v) is 13.0. The summed E-state index contributed by atoms with van der Waals surface area (Å²) in [5.41, 5.74) is 0.940. The van der Waals surface area contributed by atoms with Crippen LogP contribution in [0.4, 0.5) is 16.2 Å². The van der Waals surface area contributed by atoms with Crippen LogP contribution in [-0.4, -0.2) is 12.0 Å². The number of amides is 2. The van der Waals surface area contributed by atoms with Crippen molar-refractivity contribution in [3.05, 3.63) is 52.5 Å². The minimum Gasteiger partial charge on any atom is -0.427 e. The minimum atomic E-state index is -0.474. The maximum absolute atomic E-state index is 11.9. The van der Waals surface area contributed by atoms with Crippen molar-refractivity contribution in [2.45, 2.75) is 6.92 Å². The number of hydrogen-bond donors (Lipinski definition) is 2. The van der Waals surface area contributed by atoms with Gasteiger partial charge in [0.1, 0.15) is 5.75 Å². The van der Waals surface area contributed by atoms with Crippen LogP contribution in [0.2, 0.25) is 10.0 Å². The quantitative estimate of drug-likeness (QED) is 0.636. The van der Waals surface area contributed by atoms with E-state index in [1.54, 1.807) is 36.4 Å². The number of carbonyl (C=O) groups excluding carboxylic acids is 2. The zero-order valence-electron chi connectivity index (χ0n) is 11.5. The Morgan fingerprint density at radius 1 is 0.955 bits per heavy atom. The molecule has 0 spiro atoms. The van der Waals surface area contributed by atoms with Crippen LogP contribution in [0.3, 0.4) is 0 Å². The molecule has 0 heterocycles. The molecule has 2 amide bonds. The third-order valence-electron chi connectivity index (χ3n) is 2.47. The first-order valence-electron chi connectivity index (χ1n) is 6.25. The Labute approximate surface area is 137 Å². The molecule has 0 aromatic heterocycles. The van der Waals surface area contributed by atoms with E-state index in [4.69, 9.17) is 27.9 Å². The van der Waals surface area contributed by atoms with Gasteiger partial charge in [0.25, 0.3) is 0 Å². The molecule has 0 aliphatic carbocycles. The average Bonchev–Trinajstić information content (AvgIpc) is 2.36. The van der Waals surface area contributed by atoms with E-state index in [-0.39, 0.29) is 0 Å². The van der Waals surface area contributed by atoms with Gasteiger partial charge < -0.3 is 15.4 Å². The summed E-state index contributed by atoms with van der Waals surface area (Å²) in [6.45, 7) is 1.30. The number of benzene rings is 2. The molecule has 7 heteroatoms. The molecule has 2 rings (SSSR count). The molecule has 0 aliphatic heterocycles. The number of hydrogen-bond acceptors (Lipinski definition) is 3. The van der Waals surface area contributed by atoms with Gasteiger partial charge in [0, 0.05) is 34.4 Å². The lowest BCUT2D eigenvalue weighted by atomic mass is 10.3. The molecule has 0 fully saturated rings. The van der Waals surface area contributed by atoms with Gasteiger partial charge in [-0.25, -0.2) is 4.79 Å². The number of halogens is 2. The van der Waals surface area contributed by atoms with Crippen LogP contribution < -0.4 is 15.4 Å². The number of urea groups is 1. The van der Waals surface area contributed by atoms with Crippen molar-refractivity contribution in [1.82, 2.24) is 0 Å². The molecule has 0 saturated heterocycles. The third-order valence-corrected chi connectivity index (χ3v) is 2.91. The standard InChI is InChI=1S/C15H12Cl2N2O3/c1-9(20)22-14-4-2-3-12(8-14)18-15(21)19-13-6-10(16)5-11(17)7-13/h2-8H,1H3,(H2,18,19,21). The highest BCUT2D eigenvalue weighted by Crippen LogP contribution is 2.23. The van der Waals surface area contributed by atoms with Gasteiger partial charge in [0.05, 0.1) is 0 Å². The summed E-state index contributed by atoms with van der Waals surface area (Å²) in [5.74, 6) is -0.0914. The summed E-state index contributed by atoms with van der Waals surface area (Å²) >= 11 is 11.7. The van der Waals surface area contributed by atoms with Gasteiger partial charge in [-0.1, -0.05) is 29.3 Å². The van der Waals surface area contributed by atoms with Crippen LogP contribution in [0.1, 0.15) is 6.92 Å². The molecule has 2 aromatic rings. The molecule has 0 atom stereocenters. The first-order valence-corrected chi connectivity index (χ1v) is 7.00. The molecule has 0 radical (unpaired) electrons. The summed E-state index contributed by atoms with van der Waals surface area (Å²) in [6.07, 6.45) is 0. The normalized spacial score (nSPS) is 9.95. The number of esters is 1. The van der Waals surface area contributed by atoms with Gasteiger partial charge in [-0.3, -0.25) is 4.79 Å². The number of nitrogens with one attached hydrogen (secondary N) is 2. The van der Waals surface area contributed by atoms with Crippen LogP contribution in [0.25, 0.3) is 0 Å². The maximum Gasteiger partial charge on any atom is 0.323 e. The van der Waals surface area contributed by atoms with Crippen LogP contribution in [0.5, 0.6) is 5.75 Å². The summed E-state index contributed by atoms with van der Waals surface area (Å²) in [7, 11) is 0. The number of rotatable bonds is 3. The van der Waals surface area contributed by atoms with Crippen molar-refractivity contribution in [3.8, 4) is 5.75 Å². The molecule has 22 heavy (non-hydrogen) atoms. The summed E-state index contributed by atoms with van der Waals surface area (Å²) in [6, 6.07) is 10.7. The Morgan fingerprint density at radius 2 is 1.59 bits per heavy atom. The molecule has 5 nitrogen and oxygen atoms in total. The van der Waals surface area contributed by atoms with E-state index in [2.05, 4.69) is 10.6 Å². The largest absolute Gasteiger partial charge is 0.427 e. The fourth-order valence-electron chi connectivity index (χ4n) is 1.72. The Kier molecular flexibility index (Phi) is 5.25. The minimum absolute atomic E-state index is 0.344. The van der Waals surface area contributed by atoms with Crippen LogP contribution in [0.15, 0.2) is 42.5 Å². The number of ether oxygens (including phenoxy) is 1. The SMILES string of the molecule is CC(=O)Oc1cccc(NC(=O)Nc2cc(Cl)cc(Cl)c2)c1. The molecule has 0 bridgehead atoms. The summed E-state index contributed by atoms with van der Waals surface area (Å²) in [4.78, 5) is 22.8. The van der Waals surface area contributed by atoms with Crippen molar-refractivity contribution < 1.29 is 14.3 Å². The van der Waals surface area contributed by atoms with E-state index in [0.717, 1.165) is 0 Å². The van der Waals surface area contributed by atoms with Crippen molar-refractivity contribution in [2.75, 3.05) is 10.6 Å². The van der Waals surface area contributed by atoms with Crippen molar-refractivity contribution in [2.24, 2.45) is 0 Å². The van der Waals surface area contributed by atoms with E-state index in [0.29, 0.717) is 27.2 Å². The lowest BCUT2D eigenvalue weighted by molar-refractivity contribution is -0.131. The predicted molar refractivity (Wildman–Crippen MR) is 86.9 cm³/mol. The molecule has 114 valence electrons. The molecule has 0 unspecified atom stereocenters. The monoisotopic (exact) mass is 338 g/mol. The van der Waals surface area contributed by atoms with E-state index >= 15 is 0 Å². The second kappa shape index (κ2) is 7.15. The molecular formula is C15H12Cl2N2O3. The second-order valence-electron chi connectivity index (χ2n) is 4.36. The van der Waals surface area contributed by atoms with E-state index in [9.17, 15) is 9.59 Å².